The van der Waals surface area contributed by atoms with Crippen molar-refractivity contribution in [1.82, 2.24) is 4.90 Å². The average Bonchev–Trinajstić information content (AvgIpc) is 2.33. The molecule has 0 N–H and O–H groups in total. The van der Waals surface area contributed by atoms with E-state index in [9.17, 15) is 0 Å². The number of fused-ring (bicyclic) bond motifs is 1. The average molecular weight is 241 g/mol. The first-order valence-electron chi connectivity index (χ1n) is 6.62. The van der Waals surface area contributed by atoms with Crippen molar-refractivity contribution in [3.05, 3.63) is 42.5 Å². The predicted molar refractivity (Wildman–Crippen MR) is 75.1 cm³/mol. The van der Waals surface area contributed by atoms with Crippen molar-refractivity contribution >= 4 is 10.8 Å². The summed E-state index contributed by atoms with van der Waals surface area (Å²) in [4.78, 5) is 2.43. The summed E-state index contributed by atoms with van der Waals surface area (Å²) in [5.41, 5.74) is 0. The van der Waals surface area contributed by atoms with E-state index in [1.54, 1.807) is 0 Å². The molecule has 1 heterocycles. The van der Waals surface area contributed by atoms with Gasteiger partial charge in [-0.3, -0.25) is 4.90 Å². The highest BCUT2D eigenvalue weighted by Gasteiger charge is 2.30. The molecular weight excluding hydrogens is 222 g/mol. The molecule has 0 spiro atoms. The van der Waals surface area contributed by atoms with Crippen molar-refractivity contribution < 1.29 is 4.74 Å². The summed E-state index contributed by atoms with van der Waals surface area (Å²) in [6.07, 6.45) is 0.346. The predicted octanol–water partition coefficient (Wildman–Crippen LogP) is 3.31. The summed E-state index contributed by atoms with van der Waals surface area (Å²) >= 11 is 0. The molecular formula is C16H19NO. The van der Waals surface area contributed by atoms with Gasteiger partial charge in [0, 0.05) is 24.5 Å². The highest BCUT2D eigenvalue weighted by Crippen LogP contribution is 2.28. The van der Waals surface area contributed by atoms with E-state index in [2.05, 4.69) is 61.2 Å². The van der Waals surface area contributed by atoms with Crippen molar-refractivity contribution in [2.45, 2.75) is 26.0 Å². The molecule has 1 saturated heterocycles. The van der Waals surface area contributed by atoms with Crippen LogP contribution in [0.4, 0.5) is 0 Å². The Morgan fingerprint density at radius 2 is 1.78 bits per heavy atom. The Morgan fingerprint density at radius 3 is 2.56 bits per heavy atom. The number of likely N-dealkylation sites (tertiary alicyclic amines) is 1. The van der Waals surface area contributed by atoms with Crippen LogP contribution in [-0.4, -0.2) is 30.1 Å². The van der Waals surface area contributed by atoms with Crippen LogP contribution in [0.25, 0.3) is 10.8 Å². The van der Waals surface area contributed by atoms with Crippen LogP contribution in [0, 0.1) is 0 Å². The highest BCUT2D eigenvalue weighted by atomic mass is 16.5. The van der Waals surface area contributed by atoms with Crippen molar-refractivity contribution in [3.8, 4) is 5.75 Å². The van der Waals surface area contributed by atoms with Gasteiger partial charge in [-0.15, -0.1) is 0 Å². The van der Waals surface area contributed by atoms with Crippen molar-refractivity contribution in [3.63, 3.8) is 0 Å². The second-order valence-electron chi connectivity index (χ2n) is 5.26. The Morgan fingerprint density at radius 1 is 1.06 bits per heavy atom. The Balaban J connectivity index is 1.76. The number of nitrogens with zero attached hydrogens (tertiary/aromatic N) is 1. The maximum absolute atomic E-state index is 6.10. The Hall–Kier alpha value is -1.54. The van der Waals surface area contributed by atoms with Gasteiger partial charge in [-0.2, -0.15) is 0 Å². The molecule has 0 aromatic heterocycles. The quantitative estimate of drug-likeness (QED) is 0.817. The number of hydrogen-bond donors (Lipinski definition) is 0. The van der Waals surface area contributed by atoms with Crippen LogP contribution in [0.15, 0.2) is 42.5 Å². The van der Waals surface area contributed by atoms with Crippen LogP contribution in [-0.2, 0) is 0 Å². The molecule has 18 heavy (non-hydrogen) atoms. The van der Waals surface area contributed by atoms with E-state index < -0.39 is 0 Å². The Bertz CT molecular complexity index is 538. The third-order valence-corrected chi connectivity index (χ3v) is 3.65. The van der Waals surface area contributed by atoms with Gasteiger partial charge in [0.1, 0.15) is 11.9 Å². The minimum Gasteiger partial charge on any atom is -0.487 e. The minimum absolute atomic E-state index is 0.346. The summed E-state index contributed by atoms with van der Waals surface area (Å²) < 4.78 is 6.10. The molecule has 3 rings (SSSR count). The molecule has 2 aromatic rings. The first-order valence-corrected chi connectivity index (χ1v) is 6.62. The van der Waals surface area contributed by atoms with Crippen LogP contribution in [0.5, 0.6) is 5.75 Å². The monoisotopic (exact) mass is 241 g/mol. The van der Waals surface area contributed by atoms with Gasteiger partial charge in [0.25, 0.3) is 0 Å². The van der Waals surface area contributed by atoms with Crippen LogP contribution >= 0.6 is 0 Å². The SMILES string of the molecule is CC(C)N1CC(Oc2cccc3ccccc23)C1. The number of rotatable bonds is 3. The van der Waals surface area contributed by atoms with E-state index in [1.807, 2.05) is 0 Å². The van der Waals surface area contributed by atoms with E-state index in [0.29, 0.717) is 12.1 Å². The zero-order chi connectivity index (χ0) is 12.5. The molecule has 0 bridgehead atoms. The van der Waals surface area contributed by atoms with E-state index in [-0.39, 0.29) is 0 Å². The highest BCUT2D eigenvalue weighted by molar-refractivity contribution is 5.88. The maximum Gasteiger partial charge on any atom is 0.127 e. The smallest absolute Gasteiger partial charge is 0.127 e. The maximum atomic E-state index is 6.10. The Labute approximate surface area is 108 Å². The fourth-order valence-corrected chi connectivity index (χ4v) is 2.44. The largest absolute Gasteiger partial charge is 0.487 e. The lowest BCUT2D eigenvalue weighted by atomic mass is 10.1. The molecule has 1 fully saturated rings. The van der Waals surface area contributed by atoms with Gasteiger partial charge in [0.15, 0.2) is 0 Å². The number of ether oxygens (including phenoxy) is 1. The molecule has 2 aromatic carbocycles. The molecule has 0 atom stereocenters. The van der Waals surface area contributed by atoms with E-state index in [4.69, 9.17) is 4.74 Å². The van der Waals surface area contributed by atoms with E-state index >= 15 is 0 Å². The summed E-state index contributed by atoms with van der Waals surface area (Å²) in [7, 11) is 0. The van der Waals surface area contributed by atoms with Gasteiger partial charge < -0.3 is 4.74 Å². The van der Waals surface area contributed by atoms with Crippen molar-refractivity contribution in [2.24, 2.45) is 0 Å². The zero-order valence-electron chi connectivity index (χ0n) is 11.0. The minimum atomic E-state index is 0.346. The van der Waals surface area contributed by atoms with E-state index in [0.717, 1.165) is 18.8 Å². The first kappa shape index (κ1) is 11.5. The normalized spacial score (nSPS) is 17.1. The molecule has 0 radical (unpaired) electrons. The number of hydrogen-bond acceptors (Lipinski definition) is 2. The van der Waals surface area contributed by atoms with Gasteiger partial charge in [0.2, 0.25) is 0 Å². The molecule has 0 unspecified atom stereocenters. The van der Waals surface area contributed by atoms with Gasteiger partial charge in [0.05, 0.1) is 0 Å². The molecule has 2 nitrogen and oxygen atoms in total. The summed E-state index contributed by atoms with van der Waals surface area (Å²) in [6, 6.07) is 15.3. The third-order valence-electron chi connectivity index (χ3n) is 3.65. The molecule has 0 amide bonds. The van der Waals surface area contributed by atoms with Crippen LogP contribution in [0.1, 0.15) is 13.8 Å². The Kier molecular flexibility index (Phi) is 2.96. The molecule has 0 aliphatic carbocycles. The lowest BCUT2D eigenvalue weighted by Gasteiger charge is -2.41. The molecule has 2 heteroatoms. The molecule has 1 aliphatic rings. The number of benzene rings is 2. The molecule has 94 valence electrons. The molecule has 0 saturated carbocycles. The van der Waals surface area contributed by atoms with Crippen molar-refractivity contribution in [1.29, 1.82) is 0 Å². The zero-order valence-corrected chi connectivity index (χ0v) is 11.0. The van der Waals surface area contributed by atoms with Gasteiger partial charge in [-0.1, -0.05) is 36.4 Å². The van der Waals surface area contributed by atoms with Crippen molar-refractivity contribution in [2.75, 3.05) is 13.1 Å². The van der Waals surface area contributed by atoms with Gasteiger partial charge >= 0.3 is 0 Å². The van der Waals surface area contributed by atoms with E-state index in [1.165, 1.54) is 10.8 Å². The fourth-order valence-electron chi connectivity index (χ4n) is 2.44. The topological polar surface area (TPSA) is 12.5 Å². The molecule has 1 aliphatic heterocycles. The lowest BCUT2D eigenvalue weighted by molar-refractivity contribution is 0.000984. The lowest BCUT2D eigenvalue weighted by Crippen LogP contribution is -2.56. The van der Waals surface area contributed by atoms with Gasteiger partial charge in [-0.25, -0.2) is 0 Å². The second-order valence-corrected chi connectivity index (χ2v) is 5.26. The van der Waals surface area contributed by atoms with Gasteiger partial charge in [-0.05, 0) is 25.3 Å². The van der Waals surface area contributed by atoms with Crippen LogP contribution < -0.4 is 4.74 Å². The third kappa shape index (κ3) is 2.08. The first-order chi connectivity index (χ1) is 8.74. The summed E-state index contributed by atoms with van der Waals surface area (Å²) in [5.74, 6) is 1.02. The fraction of sp³-hybridized carbons (Fsp3) is 0.375. The van der Waals surface area contributed by atoms with Crippen LogP contribution in [0.2, 0.25) is 0 Å². The second kappa shape index (κ2) is 4.62. The summed E-state index contributed by atoms with van der Waals surface area (Å²) in [5, 5.41) is 2.46. The standard InChI is InChI=1S/C16H19NO/c1-12(2)17-10-14(11-17)18-16-9-5-7-13-6-3-4-8-15(13)16/h3-9,12,14H,10-11H2,1-2H3. The summed E-state index contributed by atoms with van der Waals surface area (Å²) in [6.45, 7) is 6.55. The van der Waals surface area contributed by atoms with Crippen LogP contribution in [0.3, 0.4) is 0 Å².